The minimum atomic E-state index is -1.02. The number of fused-ring (bicyclic) bond motifs is 1. The van der Waals surface area contributed by atoms with Gasteiger partial charge < -0.3 is 14.7 Å². The van der Waals surface area contributed by atoms with E-state index in [1.165, 1.54) is 18.2 Å². The van der Waals surface area contributed by atoms with Crippen molar-refractivity contribution in [3.63, 3.8) is 0 Å². The fourth-order valence-electron chi connectivity index (χ4n) is 2.34. The van der Waals surface area contributed by atoms with Crippen LogP contribution in [0.15, 0.2) is 48.2 Å². The number of nitrogens with one attached hydrogen (secondary N) is 1. The van der Waals surface area contributed by atoms with Gasteiger partial charge in [0.1, 0.15) is 11.5 Å². The molecule has 1 heterocycles. The van der Waals surface area contributed by atoms with E-state index in [0.717, 1.165) is 0 Å². The van der Waals surface area contributed by atoms with Gasteiger partial charge in [-0.1, -0.05) is 12.1 Å². The maximum atomic E-state index is 12.3. The normalized spacial score (nSPS) is 16.1. The van der Waals surface area contributed by atoms with Gasteiger partial charge >= 0.3 is 0 Å². The summed E-state index contributed by atoms with van der Waals surface area (Å²) >= 11 is 0. The number of hydrogen-bond acceptors (Lipinski definition) is 5. The summed E-state index contributed by atoms with van der Waals surface area (Å²) in [7, 11) is 0. The number of carbonyl (C=O) groups excluding carboxylic acids is 1. The third-order valence-corrected chi connectivity index (χ3v) is 3.38. The van der Waals surface area contributed by atoms with Crippen molar-refractivity contribution in [1.29, 1.82) is 0 Å². The molecule has 6 nitrogen and oxygen atoms in total. The Morgan fingerprint density at radius 2 is 2.13 bits per heavy atom. The Bertz CT molecular complexity index is 782. The molecule has 2 aromatic carbocycles. The van der Waals surface area contributed by atoms with E-state index in [1.54, 1.807) is 30.3 Å². The van der Waals surface area contributed by atoms with Crippen LogP contribution in [0.4, 0.5) is 5.69 Å². The van der Waals surface area contributed by atoms with Gasteiger partial charge in [0.05, 0.1) is 12.2 Å². The highest BCUT2D eigenvalue weighted by Crippen LogP contribution is 2.34. The molecule has 0 bridgehead atoms. The van der Waals surface area contributed by atoms with Gasteiger partial charge in [0.2, 0.25) is 5.78 Å². The second-order valence-corrected chi connectivity index (χ2v) is 4.96. The molecule has 0 aromatic heterocycles. The molecule has 2 N–H and O–H groups in total. The number of carbonyl (C=O) groups is 1. The van der Waals surface area contributed by atoms with Gasteiger partial charge in [0.15, 0.2) is 11.4 Å². The molecule has 1 atom stereocenters. The van der Waals surface area contributed by atoms with Crippen LogP contribution in [0.3, 0.4) is 0 Å². The smallest absolute Gasteiger partial charge is 0.231 e. The van der Waals surface area contributed by atoms with Crippen molar-refractivity contribution in [2.75, 3.05) is 6.61 Å². The Kier molecular flexibility index (Phi) is 4.12. The molecule has 0 spiro atoms. The van der Waals surface area contributed by atoms with Crippen LogP contribution in [0, 0.1) is 5.21 Å². The number of quaternary nitrogens is 1. The van der Waals surface area contributed by atoms with Crippen molar-refractivity contribution in [1.82, 2.24) is 0 Å². The SMILES string of the molecule is CCOc1ccc2c(c1)OC(=Cc1cccc([NH+]([O-])O)c1)C2=O. The fraction of sp³-hybridized carbons (Fsp3) is 0.118. The number of Topliss-reactive ketones (excluding diaryl/α,β-unsaturated/α-hetero) is 1. The number of ether oxygens (including phenoxy) is 2. The highest BCUT2D eigenvalue weighted by atomic mass is 16.8. The predicted molar refractivity (Wildman–Crippen MR) is 82.8 cm³/mol. The molecule has 1 aliphatic rings. The van der Waals surface area contributed by atoms with Crippen molar-refractivity contribution in [2.45, 2.75) is 6.92 Å². The largest absolute Gasteiger partial charge is 0.595 e. The van der Waals surface area contributed by atoms with Crippen molar-refractivity contribution in [2.24, 2.45) is 0 Å². The van der Waals surface area contributed by atoms with Crippen LogP contribution in [-0.2, 0) is 0 Å². The lowest BCUT2D eigenvalue weighted by molar-refractivity contribution is -0.991. The quantitative estimate of drug-likeness (QED) is 0.667. The van der Waals surface area contributed by atoms with Crippen LogP contribution >= 0.6 is 0 Å². The summed E-state index contributed by atoms with van der Waals surface area (Å²) in [5.74, 6) is 1.01. The molecule has 6 heteroatoms. The maximum absolute atomic E-state index is 12.3. The van der Waals surface area contributed by atoms with E-state index < -0.39 is 5.23 Å². The minimum Gasteiger partial charge on any atom is -0.595 e. The Morgan fingerprint density at radius 3 is 2.87 bits per heavy atom. The molecular formula is C17H15NO5. The van der Waals surface area contributed by atoms with Crippen molar-refractivity contribution in [3.05, 3.63) is 64.6 Å². The molecule has 1 unspecified atom stereocenters. The molecule has 3 rings (SSSR count). The predicted octanol–water partition coefficient (Wildman–Crippen LogP) is 2.10. The topological polar surface area (TPSA) is 83.3 Å². The first kappa shape index (κ1) is 15.2. The first-order chi connectivity index (χ1) is 11.1. The Balaban J connectivity index is 1.90. The lowest BCUT2D eigenvalue weighted by Gasteiger charge is -2.11. The summed E-state index contributed by atoms with van der Waals surface area (Å²) in [5.41, 5.74) is 1.21. The summed E-state index contributed by atoms with van der Waals surface area (Å²) < 4.78 is 11.0. The standard InChI is InChI=1S/C17H15NO5/c1-2-22-13-6-7-14-15(10-13)23-16(17(14)19)9-11-4-3-5-12(8-11)18(20)21/h3-10,18,20H,2H2,1H3. The zero-order chi connectivity index (χ0) is 16.4. The Hall–Kier alpha value is -2.67. The maximum Gasteiger partial charge on any atom is 0.231 e. The molecule has 0 saturated carbocycles. The van der Waals surface area contributed by atoms with E-state index in [0.29, 0.717) is 29.2 Å². The molecular weight excluding hydrogens is 298 g/mol. The van der Waals surface area contributed by atoms with Gasteiger partial charge in [-0.3, -0.25) is 4.79 Å². The van der Waals surface area contributed by atoms with Crippen LogP contribution in [0.5, 0.6) is 11.5 Å². The monoisotopic (exact) mass is 313 g/mol. The second kappa shape index (κ2) is 6.21. The average Bonchev–Trinajstić information content (AvgIpc) is 2.84. The van der Waals surface area contributed by atoms with Gasteiger partial charge in [-0.05, 0) is 30.7 Å². The second-order valence-electron chi connectivity index (χ2n) is 4.96. The van der Waals surface area contributed by atoms with Crippen LogP contribution in [-0.4, -0.2) is 17.6 Å². The van der Waals surface area contributed by atoms with Crippen LogP contribution in [0.1, 0.15) is 22.8 Å². The van der Waals surface area contributed by atoms with Gasteiger partial charge in [0, 0.05) is 18.2 Å². The molecule has 23 heavy (non-hydrogen) atoms. The first-order valence-electron chi connectivity index (χ1n) is 7.13. The molecule has 0 aliphatic carbocycles. The molecule has 118 valence electrons. The van der Waals surface area contributed by atoms with Gasteiger partial charge in [-0.15, -0.1) is 0 Å². The Morgan fingerprint density at radius 1 is 1.30 bits per heavy atom. The van der Waals surface area contributed by atoms with Crippen molar-refractivity contribution < 1.29 is 24.7 Å². The lowest BCUT2D eigenvalue weighted by atomic mass is 10.1. The fourth-order valence-corrected chi connectivity index (χ4v) is 2.34. The molecule has 0 radical (unpaired) electrons. The summed E-state index contributed by atoms with van der Waals surface area (Å²) in [4.78, 5) is 12.3. The minimum absolute atomic E-state index is 0.154. The van der Waals surface area contributed by atoms with E-state index in [4.69, 9.17) is 14.7 Å². The number of benzene rings is 2. The van der Waals surface area contributed by atoms with Crippen molar-refractivity contribution in [3.8, 4) is 11.5 Å². The third kappa shape index (κ3) is 3.09. The lowest BCUT2D eigenvalue weighted by Crippen LogP contribution is -2.99. The molecule has 2 aromatic rings. The van der Waals surface area contributed by atoms with E-state index in [-0.39, 0.29) is 17.2 Å². The number of ketones is 1. The van der Waals surface area contributed by atoms with E-state index in [2.05, 4.69) is 0 Å². The first-order valence-corrected chi connectivity index (χ1v) is 7.13. The average molecular weight is 313 g/mol. The highest BCUT2D eigenvalue weighted by Gasteiger charge is 2.27. The molecule has 0 saturated heterocycles. The third-order valence-electron chi connectivity index (χ3n) is 3.38. The van der Waals surface area contributed by atoms with Crippen LogP contribution in [0.2, 0.25) is 0 Å². The zero-order valence-corrected chi connectivity index (χ0v) is 12.4. The summed E-state index contributed by atoms with van der Waals surface area (Å²) in [6.45, 7) is 2.40. The van der Waals surface area contributed by atoms with Crippen LogP contribution in [0.25, 0.3) is 6.08 Å². The molecule has 1 aliphatic heterocycles. The zero-order valence-electron chi connectivity index (χ0n) is 12.4. The summed E-state index contributed by atoms with van der Waals surface area (Å²) in [6, 6.07) is 11.4. The van der Waals surface area contributed by atoms with Gasteiger partial charge in [-0.2, -0.15) is 5.23 Å². The van der Waals surface area contributed by atoms with E-state index >= 15 is 0 Å². The number of hydrogen-bond donors (Lipinski definition) is 2. The van der Waals surface area contributed by atoms with Crippen molar-refractivity contribution >= 4 is 17.5 Å². The van der Waals surface area contributed by atoms with E-state index in [1.807, 2.05) is 6.92 Å². The molecule has 0 fully saturated rings. The van der Waals surface area contributed by atoms with E-state index in [9.17, 15) is 10.0 Å². The van der Waals surface area contributed by atoms with Crippen LogP contribution < -0.4 is 14.7 Å². The molecule has 0 amide bonds. The highest BCUT2D eigenvalue weighted by molar-refractivity contribution is 6.14. The summed E-state index contributed by atoms with van der Waals surface area (Å²) in [5, 5.41) is 19.0. The summed E-state index contributed by atoms with van der Waals surface area (Å²) in [6.07, 6.45) is 1.54. The van der Waals surface area contributed by atoms with Gasteiger partial charge in [0.25, 0.3) is 0 Å². The number of allylic oxidation sites excluding steroid dienone is 1. The number of rotatable bonds is 4. The Labute approximate surface area is 132 Å². The van der Waals surface area contributed by atoms with Gasteiger partial charge in [-0.25, -0.2) is 5.21 Å².